The fourth-order valence-electron chi connectivity index (χ4n) is 2.38. The van der Waals surface area contributed by atoms with Crippen LogP contribution in [-0.4, -0.2) is 25.0 Å². The van der Waals surface area contributed by atoms with Crippen LogP contribution in [0.25, 0.3) is 0 Å². The highest BCUT2D eigenvalue weighted by atomic mass is 16.5. The molecule has 0 bridgehead atoms. The largest absolute Gasteiger partial charge is 0.493 e. The molecule has 0 radical (unpaired) electrons. The van der Waals surface area contributed by atoms with Crippen LogP contribution in [-0.2, 0) is 0 Å². The Kier molecular flexibility index (Phi) is 7.68. The molecule has 0 unspecified atom stereocenters. The van der Waals surface area contributed by atoms with Gasteiger partial charge in [0.1, 0.15) is 5.75 Å². The van der Waals surface area contributed by atoms with Crippen molar-refractivity contribution in [1.82, 2.24) is 5.32 Å². The van der Waals surface area contributed by atoms with Crippen LogP contribution in [0.5, 0.6) is 5.75 Å². The summed E-state index contributed by atoms with van der Waals surface area (Å²) in [4.78, 5) is 24.5. The van der Waals surface area contributed by atoms with Crippen LogP contribution in [0.2, 0.25) is 0 Å². The van der Waals surface area contributed by atoms with Crippen LogP contribution in [0.1, 0.15) is 53.8 Å². The predicted octanol–water partition coefficient (Wildman–Crippen LogP) is 4.26. The van der Waals surface area contributed by atoms with E-state index in [9.17, 15) is 9.59 Å². The van der Waals surface area contributed by atoms with Gasteiger partial charge in [-0.2, -0.15) is 0 Å². The standard InChI is InChI=1S/C21H26N2O3/c1-3-5-14-22-20(24)16-10-12-17(13-11-16)23-21(25)18-8-6-7-9-19(18)26-15-4-2/h6-13H,3-5,14-15H2,1-2H3,(H,22,24)(H,23,25). The molecule has 0 aliphatic heterocycles. The number of carbonyl (C=O) groups is 2. The molecule has 0 heterocycles. The summed E-state index contributed by atoms with van der Waals surface area (Å²) in [5.41, 5.74) is 1.69. The van der Waals surface area contributed by atoms with E-state index in [1.807, 2.05) is 13.0 Å². The van der Waals surface area contributed by atoms with E-state index >= 15 is 0 Å². The molecule has 0 aromatic heterocycles. The van der Waals surface area contributed by atoms with Crippen molar-refractivity contribution < 1.29 is 14.3 Å². The Morgan fingerprint density at radius 2 is 1.65 bits per heavy atom. The Morgan fingerprint density at radius 3 is 2.35 bits per heavy atom. The van der Waals surface area contributed by atoms with E-state index in [2.05, 4.69) is 17.6 Å². The fraction of sp³-hybridized carbons (Fsp3) is 0.333. The van der Waals surface area contributed by atoms with E-state index in [4.69, 9.17) is 4.74 Å². The number of nitrogens with one attached hydrogen (secondary N) is 2. The van der Waals surface area contributed by atoms with Gasteiger partial charge in [0.25, 0.3) is 11.8 Å². The fourth-order valence-corrected chi connectivity index (χ4v) is 2.38. The predicted molar refractivity (Wildman–Crippen MR) is 104 cm³/mol. The Balaban J connectivity index is 2.00. The summed E-state index contributed by atoms with van der Waals surface area (Å²) in [5, 5.41) is 5.71. The number of hydrogen-bond donors (Lipinski definition) is 2. The van der Waals surface area contributed by atoms with E-state index < -0.39 is 0 Å². The molecular formula is C21H26N2O3. The molecule has 0 fully saturated rings. The summed E-state index contributed by atoms with van der Waals surface area (Å²) in [6.45, 7) is 5.33. The lowest BCUT2D eigenvalue weighted by Gasteiger charge is -2.11. The molecule has 138 valence electrons. The lowest BCUT2D eigenvalue weighted by molar-refractivity contribution is 0.0952. The quantitative estimate of drug-likeness (QED) is 0.661. The summed E-state index contributed by atoms with van der Waals surface area (Å²) in [5.74, 6) is 0.227. The van der Waals surface area contributed by atoms with E-state index in [0.29, 0.717) is 35.7 Å². The van der Waals surface area contributed by atoms with Crippen LogP contribution < -0.4 is 15.4 Å². The maximum absolute atomic E-state index is 12.5. The van der Waals surface area contributed by atoms with Crippen LogP contribution in [0.4, 0.5) is 5.69 Å². The van der Waals surface area contributed by atoms with Gasteiger partial charge in [-0.15, -0.1) is 0 Å². The normalized spacial score (nSPS) is 10.2. The minimum Gasteiger partial charge on any atom is -0.493 e. The zero-order valence-corrected chi connectivity index (χ0v) is 15.4. The van der Waals surface area contributed by atoms with Crippen molar-refractivity contribution in [3.8, 4) is 5.75 Å². The average Bonchev–Trinajstić information content (AvgIpc) is 2.67. The van der Waals surface area contributed by atoms with Gasteiger partial charge >= 0.3 is 0 Å². The second-order valence-corrected chi connectivity index (χ2v) is 5.99. The molecule has 0 atom stereocenters. The van der Waals surface area contributed by atoms with Gasteiger partial charge in [-0.1, -0.05) is 32.4 Å². The molecule has 5 nitrogen and oxygen atoms in total. The van der Waals surface area contributed by atoms with Crippen LogP contribution in [0.3, 0.4) is 0 Å². The second kappa shape index (κ2) is 10.2. The van der Waals surface area contributed by atoms with Crippen LogP contribution in [0.15, 0.2) is 48.5 Å². The smallest absolute Gasteiger partial charge is 0.259 e. The first kappa shape index (κ1) is 19.5. The highest BCUT2D eigenvalue weighted by Crippen LogP contribution is 2.20. The van der Waals surface area contributed by atoms with Crippen molar-refractivity contribution >= 4 is 17.5 Å². The number of benzene rings is 2. The topological polar surface area (TPSA) is 67.4 Å². The Hall–Kier alpha value is -2.82. The highest BCUT2D eigenvalue weighted by Gasteiger charge is 2.12. The molecule has 5 heteroatoms. The van der Waals surface area contributed by atoms with Gasteiger partial charge in [0.15, 0.2) is 0 Å². The zero-order valence-electron chi connectivity index (χ0n) is 15.4. The molecule has 0 saturated carbocycles. The molecule has 2 N–H and O–H groups in total. The number of carbonyl (C=O) groups excluding carboxylic acids is 2. The minimum absolute atomic E-state index is 0.102. The molecule has 0 spiro atoms. The zero-order chi connectivity index (χ0) is 18.8. The molecule has 2 aromatic rings. The summed E-state index contributed by atoms with van der Waals surface area (Å²) >= 11 is 0. The SMILES string of the molecule is CCCCNC(=O)c1ccc(NC(=O)c2ccccc2OCCC)cc1. The Labute approximate surface area is 154 Å². The third kappa shape index (κ3) is 5.62. The molecule has 26 heavy (non-hydrogen) atoms. The van der Waals surface area contributed by atoms with Crippen molar-refractivity contribution in [2.24, 2.45) is 0 Å². The van der Waals surface area contributed by atoms with Crippen molar-refractivity contribution in [3.05, 3.63) is 59.7 Å². The maximum Gasteiger partial charge on any atom is 0.259 e. The van der Waals surface area contributed by atoms with E-state index in [1.54, 1.807) is 42.5 Å². The average molecular weight is 354 g/mol. The minimum atomic E-state index is -0.239. The van der Waals surface area contributed by atoms with E-state index in [1.165, 1.54) is 0 Å². The molecule has 2 rings (SSSR count). The lowest BCUT2D eigenvalue weighted by atomic mass is 10.1. The molecule has 0 aliphatic rings. The number of anilines is 1. The van der Waals surface area contributed by atoms with Crippen molar-refractivity contribution in [1.29, 1.82) is 0 Å². The number of para-hydroxylation sites is 1. The number of ether oxygens (including phenoxy) is 1. The third-order valence-corrected chi connectivity index (χ3v) is 3.81. The summed E-state index contributed by atoms with van der Waals surface area (Å²) in [6.07, 6.45) is 2.87. The van der Waals surface area contributed by atoms with E-state index in [-0.39, 0.29) is 11.8 Å². The molecule has 2 amide bonds. The summed E-state index contributed by atoms with van der Waals surface area (Å²) in [7, 11) is 0. The van der Waals surface area contributed by atoms with Crippen molar-refractivity contribution in [2.75, 3.05) is 18.5 Å². The first-order valence-corrected chi connectivity index (χ1v) is 9.07. The van der Waals surface area contributed by atoms with Gasteiger partial charge in [0, 0.05) is 17.8 Å². The first-order valence-electron chi connectivity index (χ1n) is 9.07. The summed E-state index contributed by atoms with van der Waals surface area (Å²) in [6, 6.07) is 14.0. The van der Waals surface area contributed by atoms with Crippen molar-refractivity contribution in [2.45, 2.75) is 33.1 Å². The van der Waals surface area contributed by atoms with Gasteiger partial charge in [-0.25, -0.2) is 0 Å². The Morgan fingerprint density at radius 1 is 0.923 bits per heavy atom. The van der Waals surface area contributed by atoms with Gasteiger partial charge in [-0.3, -0.25) is 9.59 Å². The first-order chi connectivity index (χ1) is 12.7. The number of rotatable bonds is 9. The van der Waals surface area contributed by atoms with Gasteiger partial charge in [0.2, 0.25) is 0 Å². The second-order valence-electron chi connectivity index (χ2n) is 5.99. The molecule has 0 aliphatic carbocycles. The van der Waals surface area contributed by atoms with Crippen LogP contribution in [0, 0.1) is 0 Å². The molecular weight excluding hydrogens is 328 g/mol. The summed E-state index contributed by atoms with van der Waals surface area (Å²) < 4.78 is 5.63. The van der Waals surface area contributed by atoms with Gasteiger partial charge in [-0.05, 0) is 49.2 Å². The lowest BCUT2D eigenvalue weighted by Crippen LogP contribution is -2.24. The number of unbranched alkanes of at least 4 members (excludes halogenated alkanes) is 1. The van der Waals surface area contributed by atoms with Gasteiger partial charge < -0.3 is 15.4 Å². The van der Waals surface area contributed by atoms with E-state index in [0.717, 1.165) is 19.3 Å². The molecule has 2 aromatic carbocycles. The monoisotopic (exact) mass is 354 g/mol. The Bertz CT molecular complexity index is 726. The van der Waals surface area contributed by atoms with Crippen LogP contribution >= 0.6 is 0 Å². The molecule has 0 saturated heterocycles. The van der Waals surface area contributed by atoms with Crippen molar-refractivity contribution in [3.63, 3.8) is 0 Å². The number of hydrogen-bond acceptors (Lipinski definition) is 3. The van der Waals surface area contributed by atoms with Gasteiger partial charge in [0.05, 0.1) is 12.2 Å². The third-order valence-electron chi connectivity index (χ3n) is 3.81. The number of amides is 2. The maximum atomic E-state index is 12.5. The highest BCUT2D eigenvalue weighted by molar-refractivity contribution is 6.06.